The van der Waals surface area contributed by atoms with E-state index in [1.165, 1.54) is 6.07 Å². The van der Waals surface area contributed by atoms with Gasteiger partial charge in [0, 0.05) is 12.7 Å². The minimum absolute atomic E-state index is 0.0308. The van der Waals surface area contributed by atoms with E-state index >= 15 is 0 Å². The highest BCUT2D eigenvalue weighted by Gasteiger charge is 2.16. The Hall–Kier alpha value is -1.13. The van der Waals surface area contributed by atoms with Crippen LogP contribution in [0.1, 0.15) is 6.92 Å². The molecule has 0 aliphatic carbocycles. The molecule has 0 radical (unpaired) electrons. The van der Waals surface area contributed by atoms with Gasteiger partial charge in [-0.05, 0) is 19.1 Å². The Morgan fingerprint density at radius 2 is 1.60 bits per heavy atom. The lowest BCUT2D eigenvalue weighted by atomic mass is 10.3. The van der Waals surface area contributed by atoms with E-state index in [9.17, 15) is 5.11 Å². The molecule has 2 N–H and O–H groups in total. The lowest BCUT2D eigenvalue weighted by Gasteiger charge is -2.11. The van der Waals surface area contributed by atoms with Crippen LogP contribution in [0.5, 0.6) is 17.2 Å². The van der Waals surface area contributed by atoms with Crippen LogP contribution in [0.15, 0.2) is 36.4 Å². The third-order valence-corrected chi connectivity index (χ3v) is 3.20. The molecule has 2 rings (SSSR count). The van der Waals surface area contributed by atoms with Crippen molar-refractivity contribution in [3.8, 4) is 17.2 Å². The van der Waals surface area contributed by atoms with Gasteiger partial charge in [-0.1, -0.05) is 53.0 Å². The second-order valence-electron chi connectivity index (χ2n) is 3.57. The van der Waals surface area contributed by atoms with Crippen molar-refractivity contribution in [3.63, 3.8) is 0 Å². The first-order chi connectivity index (χ1) is 9.51. The first-order valence-electron chi connectivity index (χ1n) is 5.71. The van der Waals surface area contributed by atoms with Crippen molar-refractivity contribution in [2.45, 2.75) is 6.92 Å². The molecule has 108 valence electrons. The van der Waals surface area contributed by atoms with Crippen LogP contribution in [0.25, 0.3) is 0 Å². The van der Waals surface area contributed by atoms with Gasteiger partial charge in [-0.2, -0.15) is 0 Å². The molecule has 0 spiro atoms. The smallest absolute Gasteiger partial charge is 0.169 e. The topological polar surface area (TPSA) is 49.7 Å². The summed E-state index contributed by atoms with van der Waals surface area (Å²) in [4.78, 5) is 0. The molecule has 3 nitrogen and oxygen atoms in total. The normalized spacial score (nSPS) is 9.65. The average molecular weight is 336 g/mol. The Labute approximate surface area is 132 Å². The van der Waals surface area contributed by atoms with E-state index in [2.05, 4.69) is 0 Å². The lowest BCUT2D eigenvalue weighted by molar-refractivity contribution is 0.318. The van der Waals surface area contributed by atoms with Crippen molar-refractivity contribution in [1.82, 2.24) is 0 Å². The highest BCUT2D eigenvalue weighted by Crippen LogP contribution is 2.45. The maximum atomic E-state index is 9.53. The van der Waals surface area contributed by atoms with E-state index in [0.717, 1.165) is 0 Å². The van der Waals surface area contributed by atoms with Crippen LogP contribution in [0, 0.1) is 0 Å². The number of rotatable bonds is 2. The summed E-state index contributed by atoms with van der Waals surface area (Å²) in [5.41, 5.74) is 0. The van der Waals surface area contributed by atoms with Crippen LogP contribution in [-0.2, 0) is 0 Å². The van der Waals surface area contributed by atoms with E-state index < -0.39 is 0 Å². The van der Waals surface area contributed by atoms with Gasteiger partial charge in [-0.25, -0.2) is 0 Å². The van der Waals surface area contributed by atoms with Crippen molar-refractivity contribution in [1.29, 1.82) is 0 Å². The van der Waals surface area contributed by atoms with Crippen LogP contribution < -0.4 is 4.74 Å². The molecule has 0 amide bonds. The van der Waals surface area contributed by atoms with Crippen LogP contribution >= 0.6 is 34.8 Å². The van der Waals surface area contributed by atoms with Crippen molar-refractivity contribution >= 4 is 34.8 Å². The van der Waals surface area contributed by atoms with Crippen LogP contribution in [0.2, 0.25) is 15.1 Å². The second-order valence-corrected chi connectivity index (χ2v) is 4.73. The summed E-state index contributed by atoms with van der Waals surface area (Å²) >= 11 is 17.7. The number of phenols is 1. The molecule has 6 heteroatoms. The summed E-state index contributed by atoms with van der Waals surface area (Å²) in [5.74, 6) is 0.523. The number of phenolic OH excluding ortho intramolecular Hbond substituents is 1. The average Bonchev–Trinajstić information content (AvgIpc) is 2.43. The molecule has 0 heterocycles. The lowest BCUT2D eigenvalue weighted by Crippen LogP contribution is -1.87. The molecule has 0 unspecified atom stereocenters. The van der Waals surface area contributed by atoms with Gasteiger partial charge in [0.25, 0.3) is 0 Å². The van der Waals surface area contributed by atoms with E-state index in [1.54, 1.807) is 19.1 Å². The SMILES string of the molecule is CCO.Oc1cc(Cl)c(Cl)c(Oc2ccccc2)c1Cl. The quantitative estimate of drug-likeness (QED) is 0.747. The van der Waals surface area contributed by atoms with E-state index in [-0.39, 0.29) is 33.2 Å². The number of ether oxygens (including phenoxy) is 1. The summed E-state index contributed by atoms with van der Waals surface area (Å²) in [7, 11) is 0. The fourth-order valence-electron chi connectivity index (χ4n) is 1.26. The largest absolute Gasteiger partial charge is 0.506 e. The summed E-state index contributed by atoms with van der Waals surface area (Å²) in [6.45, 7) is 1.93. The number of aliphatic hydroxyl groups is 1. The number of hydrogen-bond acceptors (Lipinski definition) is 3. The first kappa shape index (κ1) is 16.9. The predicted molar refractivity (Wildman–Crippen MR) is 82.4 cm³/mol. The standard InChI is InChI=1S/C12H7Cl3O2.C2H6O/c13-8-6-9(16)11(15)12(10(8)14)17-7-4-2-1-3-5-7;1-2-3/h1-6,16H;3H,2H2,1H3. The van der Waals surface area contributed by atoms with Gasteiger partial charge in [-0.15, -0.1) is 0 Å². The number of benzene rings is 2. The second kappa shape index (κ2) is 8.22. The maximum Gasteiger partial charge on any atom is 0.169 e. The molecule has 0 aliphatic rings. The number of para-hydroxylation sites is 1. The Balaban J connectivity index is 0.000000612. The molecule has 0 aliphatic heterocycles. The molecule has 0 bridgehead atoms. The first-order valence-corrected chi connectivity index (χ1v) is 6.84. The van der Waals surface area contributed by atoms with E-state index in [1.807, 2.05) is 18.2 Å². The van der Waals surface area contributed by atoms with Crippen LogP contribution in [0.4, 0.5) is 0 Å². The molecule has 0 fully saturated rings. The Morgan fingerprint density at radius 3 is 2.15 bits per heavy atom. The van der Waals surface area contributed by atoms with Gasteiger partial charge < -0.3 is 14.9 Å². The van der Waals surface area contributed by atoms with Crippen molar-refractivity contribution < 1.29 is 14.9 Å². The predicted octanol–water partition coefficient (Wildman–Crippen LogP) is 5.14. The van der Waals surface area contributed by atoms with Gasteiger partial charge in [-0.3, -0.25) is 0 Å². The van der Waals surface area contributed by atoms with Gasteiger partial charge in [0.15, 0.2) is 5.75 Å². The Bertz CT molecular complexity index is 533. The van der Waals surface area contributed by atoms with Gasteiger partial charge in [0.05, 0.1) is 5.02 Å². The number of aromatic hydroxyl groups is 1. The third-order valence-electron chi connectivity index (χ3n) is 2.06. The molecule has 0 saturated heterocycles. The summed E-state index contributed by atoms with van der Waals surface area (Å²) < 4.78 is 5.49. The Morgan fingerprint density at radius 1 is 1.05 bits per heavy atom. The Kier molecular flexibility index (Phi) is 6.96. The zero-order valence-electron chi connectivity index (χ0n) is 10.6. The molecule has 0 aromatic heterocycles. The highest BCUT2D eigenvalue weighted by atomic mass is 35.5. The van der Waals surface area contributed by atoms with E-state index in [0.29, 0.717) is 5.75 Å². The fourth-order valence-corrected chi connectivity index (χ4v) is 1.88. The minimum atomic E-state index is -0.174. The number of halogens is 3. The molecule has 0 atom stereocenters. The molecule has 0 saturated carbocycles. The van der Waals surface area contributed by atoms with Crippen molar-refractivity contribution in [2.24, 2.45) is 0 Å². The number of hydrogen-bond donors (Lipinski definition) is 2. The van der Waals surface area contributed by atoms with Crippen LogP contribution in [-0.4, -0.2) is 16.8 Å². The third kappa shape index (κ3) is 4.46. The molecule has 2 aromatic rings. The van der Waals surface area contributed by atoms with Gasteiger partial charge in [0.1, 0.15) is 21.5 Å². The summed E-state index contributed by atoms with van der Waals surface area (Å²) in [6.07, 6.45) is 0. The summed E-state index contributed by atoms with van der Waals surface area (Å²) in [6, 6.07) is 10.2. The molecule has 2 aromatic carbocycles. The van der Waals surface area contributed by atoms with Gasteiger partial charge in [0.2, 0.25) is 0 Å². The van der Waals surface area contributed by atoms with E-state index in [4.69, 9.17) is 44.6 Å². The molecule has 20 heavy (non-hydrogen) atoms. The fraction of sp³-hybridized carbons (Fsp3) is 0.143. The molecular weight excluding hydrogens is 323 g/mol. The summed E-state index contributed by atoms with van der Waals surface area (Å²) in [5, 5.41) is 17.5. The number of aliphatic hydroxyl groups excluding tert-OH is 1. The monoisotopic (exact) mass is 334 g/mol. The maximum absolute atomic E-state index is 9.53. The minimum Gasteiger partial charge on any atom is -0.506 e. The zero-order chi connectivity index (χ0) is 15.1. The van der Waals surface area contributed by atoms with Crippen LogP contribution in [0.3, 0.4) is 0 Å². The van der Waals surface area contributed by atoms with Gasteiger partial charge >= 0.3 is 0 Å². The van der Waals surface area contributed by atoms with Crippen molar-refractivity contribution in [2.75, 3.05) is 6.61 Å². The molecular formula is C14H13Cl3O3. The highest BCUT2D eigenvalue weighted by molar-refractivity contribution is 6.45. The zero-order valence-corrected chi connectivity index (χ0v) is 12.9. The van der Waals surface area contributed by atoms with Crippen molar-refractivity contribution in [3.05, 3.63) is 51.5 Å².